The number of nitrogens with zero attached hydrogens (tertiary/aromatic N) is 3. The SMILES string of the molecule is CCOC(=O)C(=O)N(N)C(=O)c1c[nH]n2c(=O)c(CC)c(C)nc12. The molecule has 2 amide bonds. The van der Waals surface area contributed by atoms with E-state index in [1.165, 1.54) is 13.1 Å². The third kappa shape index (κ3) is 2.78. The van der Waals surface area contributed by atoms with E-state index in [1.54, 1.807) is 6.92 Å². The van der Waals surface area contributed by atoms with Crippen LogP contribution in [0.1, 0.15) is 35.5 Å². The minimum atomic E-state index is -1.31. The number of aromatic amines is 1. The lowest BCUT2D eigenvalue weighted by atomic mass is 10.2. The monoisotopic (exact) mass is 335 g/mol. The van der Waals surface area contributed by atoms with E-state index in [4.69, 9.17) is 5.84 Å². The van der Waals surface area contributed by atoms with Crippen molar-refractivity contribution in [2.75, 3.05) is 6.61 Å². The molecule has 0 aliphatic carbocycles. The summed E-state index contributed by atoms with van der Waals surface area (Å²) in [5.74, 6) is 1.86. The third-order valence-electron chi connectivity index (χ3n) is 3.43. The lowest BCUT2D eigenvalue weighted by molar-refractivity contribution is -0.158. The molecule has 128 valence electrons. The minimum absolute atomic E-state index is 0.0202. The highest BCUT2D eigenvalue weighted by Gasteiger charge is 2.29. The Morgan fingerprint density at radius 1 is 1.38 bits per heavy atom. The van der Waals surface area contributed by atoms with Gasteiger partial charge in [0.2, 0.25) is 0 Å². The quantitative estimate of drug-likeness (QED) is 0.248. The molecule has 0 saturated heterocycles. The highest BCUT2D eigenvalue weighted by atomic mass is 16.5. The van der Waals surface area contributed by atoms with Gasteiger partial charge >= 0.3 is 11.9 Å². The number of fused-ring (bicyclic) bond motifs is 1. The molecule has 0 fully saturated rings. The standard InChI is InChI=1S/C14H17N5O5/c1-4-8-7(3)17-10-9(6-16-19(10)12(8)21)11(20)18(15)13(22)14(23)24-5-2/h6,16H,4-5,15H2,1-3H3. The number of ether oxygens (including phenoxy) is 1. The number of rotatable bonds is 3. The van der Waals surface area contributed by atoms with Crippen molar-refractivity contribution >= 4 is 23.4 Å². The number of carbonyl (C=O) groups is 3. The fourth-order valence-electron chi connectivity index (χ4n) is 2.23. The Morgan fingerprint density at radius 2 is 2.04 bits per heavy atom. The molecule has 2 aromatic rings. The molecular weight excluding hydrogens is 318 g/mol. The number of hydrogen-bond acceptors (Lipinski definition) is 7. The molecule has 0 aliphatic heterocycles. The number of aromatic nitrogens is 3. The predicted molar refractivity (Wildman–Crippen MR) is 81.9 cm³/mol. The van der Waals surface area contributed by atoms with Gasteiger partial charge < -0.3 is 4.74 Å². The van der Waals surface area contributed by atoms with Crippen LogP contribution in [-0.2, 0) is 20.7 Å². The lowest BCUT2D eigenvalue weighted by Crippen LogP contribution is -2.46. The van der Waals surface area contributed by atoms with Crippen LogP contribution in [0, 0.1) is 6.92 Å². The molecule has 0 saturated carbocycles. The second-order valence-corrected chi connectivity index (χ2v) is 4.88. The second kappa shape index (κ2) is 6.62. The summed E-state index contributed by atoms with van der Waals surface area (Å²) in [5, 5.41) is 2.73. The summed E-state index contributed by atoms with van der Waals surface area (Å²) in [6.07, 6.45) is 1.68. The number of aryl methyl sites for hydroxylation is 1. The molecule has 0 unspecified atom stereocenters. The zero-order valence-corrected chi connectivity index (χ0v) is 13.5. The van der Waals surface area contributed by atoms with Crippen LogP contribution in [0.4, 0.5) is 0 Å². The molecule has 3 N–H and O–H groups in total. The number of esters is 1. The molecule has 0 bridgehead atoms. The average molecular weight is 335 g/mol. The Labute approximate surface area is 136 Å². The first-order valence-electron chi connectivity index (χ1n) is 7.23. The van der Waals surface area contributed by atoms with Gasteiger partial charge in [0.25, 0.3) is 11.5 Å². The summed E-state index contributed by atoms with van der Waals surface area (Å²) in [7, 11) is 0. The van der Waals surface area contributed by atoms with E-state index < -0.39 is 17.8 Å². The van der Waals surface area contributed by atoms with Crippen molar-refractivity contribution in [3.05, 3.63) is 33.4 Å². The van der Waals surface area contributed by atoms with E-state index in [1.807, 2.05) is 6.92 Å². The zero-order chi connectivity index (χ0) is 18.0. The van der Waals surface area contributed by atoms with Crippen LogP contribution in [0.2, 0.25) is 0 Å². The first kappa shape index (κ1) is 17.3. The maximum atomic E-state index is 12.3. The van der Waals surface area contributed by atoms with Gasteiger partial charge in [0.05, 0.1) is 6.61 Å². The number of amides is 2. The molecule has 0 spiro atoms. The zero-order valence-electron chi connectivity index (χ0n) is 13.5. The molecule has 2 aromatic heterocycles. The van der Waals surface area contributed by atoms with Crippen molar-refractivity contribution in [3.63, 3.8) is 0 Å². The predicted octanol–water partition coefficient (Wildman–Crippen LogP) is -0.701. The Hall–Kier alpha value is -3.01. The van der Waals surface area contributed by atoms with Crippen LogP contribution in [-0.4, -0.2) is 44.0 Å². The lowest BCUT2D eigenvalue weighted by Gasteiger charge is -2.12. The average Bonchev–Trinajstić information content (AvgIpc) is 2.97. The van der Waals surface area contributed by atoms with E-state index in [-0.39, 0.29) is 28.4 Å². The highest BCUT2D eigenvalue weighted by molar-refractivity contribution is 6.36. The van der Waals surface area contributed by atoms with E-state index in [2.05, 4.69) is 14.8 Å². The molecule has 2 heterocycles. The van der Waals surface area contributed by atoms with E-state index in [9.17, 15) is 19.2 Å². The normalized spacial score (nSPS) is 10.7. The van der Waals surface area contributed by atoms with Crippen LogP contribution < -0.4 is 11.4 Å². The largest absolute Gasteiger partial charge is 0.459 e. The molecular formula is C14H17N5O5. The summed E-state index contributed by atoms with van der Waals surface area (Å²) >= 11 is 0. The molecule has 0 aromatic carbocycles. The van der Waals surface area contributed by atoms with Crippen molar-refractivity contribution in [1.82, 2.24) is 19.6 Å². The fourth-order valence-corrected chi connectivity index (χ4v) is 2.23. The van der Waals surface area contributed by atoms with Gasteiger partial charge in [-0.15, -0.1) is 0 Å². The van der Waals surface area contributed by atoms with Gasteiger partial charge in [-0.25, -0.2) is 25.1 Å². The maximum Gasteiger partial charge on any atom is 0.398 e. The number of hydrogen-bond donors (Lipinski definition) is 2. The highest BCUT2D eigenvalue weighted by Crippen LogP contribution is 2.11. The number of H-pyrrole nitrogens is 1. The molecule has 2 rings (SSSR count). The van der Waals surface area contributed by atoms with Crippen molar-refractivity contribution in [1.29, 1.82) is 0 Å². The molecule has 0 radical (unpaired) electrons. The van der Waals surface area contributed by atoms with E-state index in [0.717, 1.165) is 4.52 Å². The van der Waals surface area contributed by atoms with Crippen molar-refractivity contribution in [2.45, 2.75) is 27.2 Å². The number of carbonyl (C=O) groups excluding carboxylic acids is 3. The van der Waals surface area contributed by atoms with Gasteiger partial charge in [0.1, 0.15) is 5.56 Å². The number of nitrogens with one attached hydrogen (secondary N) is 1. The van der Waals surface area contributed by atoms with Gasteiger partial charge in [-0.3, -0.25) is 19.5 Å². The van der Waals surface area contributed by atoms with Crippen molar-refractivity contribution < 1.29 is 19.1 Å². The number of nitrogens with two attached hydrogens (primary N) is 1. The van der Waals surface area contributed by atoms with Gasteiger partial charge in [-0.1, -0.05) is 6.92 Å². The van der Waals surface area contributed by atoms with Crippen molar-refractivity contribution in [2.24, 2.45) is 5.84 Å². The Bertz CT molecular complexity index is 882. The fraction of sp³-hybridized carbons (Fsp3) is 0.357. The first-order chi connectivity index (χ1) is 11.3. The van der Waals surface area contributed by atoms with Crippen LogP contribution in [0.5, 0.6) is 0 Å². The Morgan fingerprint density at radius 3 is 2.62 bits per heavy atom. The summed E-state index contributed by atoms with van der Waals surface area (Å²) in [4.78, 5) is 52.0. The molecule has 10 nitrogen and oxygen atoms in total. The molecule has 24 heavy (non-hydrogen) atoms. The summed E-state index contributed by atoms with van der Waals surface area (Å²) in [6, 6.07) is 0. The van der Waals surface area contributed by atoms with Crippen molar-refractivity contribution in [3.8, 4) is 0 Å². The summed E-state index contributed by atoms with van der Waals surface area (Å²) in [6.45, 7) is 4.94. The van der Waals surface area contributed by atoms with Gasteiger partial charge in [0.15, 0.2) is 5.65 Å². The van der Waals surface area contributed by atoms with Crippen LogP contribution in [0.25, 0.3) is 5.65 Å². The number of imide groups is 1. The minimum Gasteiger partial charge on any atom is -0.459 e. The Kier molecular flexibility index (Phi) is 4.79. The molecule has 0 atom stereocenters. The van der Waals surface area contributed by atoms with Crippen LogP contribution >= 0.6 is 0 Å². The summed E-state index contributed by atoms with van der Waals surface area (Å²) < 4.78 is 5.59. The Balaban J connectivity index is 2.46. The van der Waals surface area contributed by atoms with Crippen LogP contribution in [0.15, 0.2) is 11.0 Å². The van der Waals surface area contributed by atoms with Gasteiger partial charge in [0, 0.05) is 17.5 Å². The van der Waals surface area contributed by atoms with Gasteiger partial charge in [-0.2, -0.15) is 0 Å². The number of hydrazine groups is 1. The molecule has 0 aliphatic rings. The maximum absolute atomic E-state index is 12.3. The topological polar surface area (TPSA) is 140 Å². The summed E-state index contributed by atoms with van der Waals surface area (Å²) in [5.41, 5.74) is 0.529. The first-order valence-corrected chi connectivity index (χ1v) is 7.23. The third-order valence-corrected chi connectivity index (χ3v) is 3.43. The molecule has 10 heteroatoms. The smallest absolute Gasteiger partial charge is 0.398 e. The van der Waals surface area contributed by atoms with Gasteiger partial charge in [-0.05, 0) is 20.3 Å². The van der Waals surface area contributed by atoms with E-state index >= 15 is 0 Å². The van der Waals surface area contributed by atoms with Crippen LogP contribution in [0.3, 0.4) is 0 Å². The van der Waals surface area contributed by atoms with E-state index in [0.29, 0.717) is 17.7 Å². The second-order valence-electron chi connectivity index (χ2n) is 4.88.